The van der Waals surface area contributed by atoms with Crippen LogP contribution in [0.2, 0.25) is 0 Å². The molecule has 0 saturated carbocycles. The number of methoxy groups -OCH3 is 1. The van der Waals surface area contributed by atoms with E-state index in [1.165, 1.54) is 13.3 Å². The average Bonchev–Trinajstić information content (AvgIpc) is 2.77. The molecule has 5 heteroatoms. The first-order valence-electron chi connectivity index (χ1n) is 5.53. The van der Waals surface area contributed by atoms with Crippen molar-refractivity contribution in [1.82, 2.24) is 9.78 Å². The van der Waals surface area contributed by atoms with Gasteiger partial charge < -0.3 is 9.84 Å². The normalized spacial score (nSPS) is 10.3. The first-order valence-corrected chi connectivity index (χ1v) is 5.53. The van der Waals surface area contributed by atoms with Crippen molar-refractivity contribution in [3.8, 4) is 5.75 Å². The molecule has 18 heavy (non-hydrogen) atoms. The van der Waals surface area contributed by atoms with Crippen LogP contribution in [-0.4, -0.2) is 28.0 Å². The lowest BCUT2D eigenvalue weighted by Crippen LogP contribution is -2.05. The second-order valence-corrected chi connectivity index (χ2v) is 3.97. The maximum absolute atomic E-state index is 11.1. The summed E-state index contributed by atoms with van der Waals surface area (Å²) in [5, 5.41) is 13.2. The molecule has 0 spiro atoms. The monoisotopic (exact) mass is 246 g/mol. The second kappa shape index (κ2) is 5.35. The topological polar surface area (TPSA) is 64.3 Å². The number of esters is 1. The maximum atomic E-state index is 11.1. The van der Waals surface area contributed by atoms with E-state index < -0.39 is 0 Å². The highest BCUT2D eigenvalue weighted by atomic mass is 16.5. The Hall–Kier alpha value is -2.30. The number of rotatable bonds is 4. The van der Waals surface area contributed by atoms with E-state index in [1.807, 2.05) is 24.3 Å². The third-order valence-corrected chi connectivity index (χ3v) is 2.56. The van der Waals surface area contributed by atoms with Gasteiger partial charge in [-0.05, 0) is 11.1 Å². The fraction of sp³-hybridized carbons (Fsp3) is 0.231. The van der Waals surface area contributed by atoms with Crippen LogP contribution in [0.4, 0.5) is 0 Å². The van der Waals surface area contributed by atoms with Gasteiger partial charge in [-0.3, -0.25) is 9.48 Å². The summed E-state index contributed by atoms with van der Waals surface area (Å²) in [7, 11) is 1.38. The van der Waals surface area contributed by atoms with E-state index >= 15 is 0 Å². The first-order chi connectivity index (χ1) is 8.67. The van der Waals surface area contributed by atoms with Crippen LogP contribution in [0.25, 0.3) is 0 Å². The van der Waals surface area contributed by atoms with E-state index in [9.17, 15) is 4.79 Å². The number of hydrogen-bond acceptors (Lipinski definition) is 4. The Morgan fingerprint density at radius 1 is 1.33 bits per heavy atom. The lowest BCUT2D eigenvalue weighted by Gasteiger charge is -2.04. The molecule has 1 N–H and O–H groups in total. The molecule has 5 nitrogen and oxygen atoms in total. The highest BCUT2D eigenvalue weighted by molar-refractivity contribution is 5.72. The molecule has 0 radical (unpaired) electrons. The molecule has 0 aliphatic heterocycles. The van der Waals surface area contributed by atoms with Crippen LogP contribution in [0.5, 0.6) is 5.75 Å². The Balaban J connectivity index is 2.01. The summed E-state index contributed by atoms with van der Waals surface area (Å²) >= 11 is 0. The molecule has 0 fully saturated rings. The summed E-state index contributed by atoms with van der Waals surface area (Å²) in [6.07, 6.45) is 3.23. The first kappa shape index (κ1) is 12.2. The van der Waals surface area contributed by atoms with E-state index in [-0.39, 0.29) is 18.1 Å². The molecule has 0 saturated heterocycles. The van der Waals surface area contributed by atoms with Gasteiger partial charge in [0.2, 0.25) is 0 Å². The Morgan fingerprint density at radius 2 is 2.00 bits per heavy atom. The molecule has 2 aromatic rings. The molecular formula is C13H14N2O3. The summed E-state index contributed by atoms with van der Waals surface area (Å²) < 4.78 is 6.25. The lowest BCUT2D eigenvalue weighted by molar-refractivity contribution is -0.139. The number of nitrogens with zero attached hydrogens (tertiary/aromatic N) is 2. The molecular weight excluding hydrogens is 232 g/mol. The number of carbonyl (C=O) groups excluding carboxylic acids is 1. The SMILES string of the molecule is COC(=O)Cc1ccc(Cn2cc(O)cn2)cc1. The number of aromatic nitrogens is 2. The molecule has 1 aromatic carbocycles. The van der Waals surface area contributed by atoms with Gasteiger partial charge in [0.05, 0.1) is 32.5 Å². The van der Waals surface area contributed by atoms with Gasteiger partial charge >= 0.3 is 5.97 Å². The minimum absolute atomic E-state index is 0.150. The van der Waals surface area contributed by atoms with E-state index in [1.54, 1.807) is 10.9 Å². The van der Waals surface area contributed by atoms with Gasteiger partial charge in [-0.15, -0.1) is 0 Å². The van der Waals surface area contributed by atoms with Crippen LogP contribution in [-0.2, 0) is 22.5 Å². The van der Waals surface area contributed by atoms with Crippen molar-refractivity contribution in [2.75, 3.05) is 7.11 Å². The summed E-state index contributed by atoms with van der Waals surface area (Å²) in [6.45, 7) is 0.582. The van der Waals surface area contributed by atoms with E-state index in [0.717, 1.165) is 11.1 Å². The fourth-order valence-electron chi connectivity index (χ4n) is 1.63. The predicted molar refractivity (Wildman–Crippen MR) is 65.2 cm³/mol. The zero-order valence-corrected chi connectivity index (χ0v) is 10.0. The standard InChI is InChI=1S/C13H14N2O3/c1-18-13(17)6-10-2-4-11(5-3-10)8-15-9-12(16)7-14-15/h2-5,7,9,16H,6,8H2,1H3. The zero-order valence-electron chi connectivity index (χ0n) is 10.0. The van der Waals surface area contributed by atoms with Gasteiger partial charge in [0, 0.05) is 0 Å². The Kier molecular flexibility index (Phi) is 3.62. The molecule has 1 aromatic heterocycles. The molecule has 94 valence electrons. The average molecular weight is 246 g/mol. The summed E-state index contributed by atoms with van der Waals surface area (Å²) in [4.78, 5) is 11.1. The number of hydrogen-bond donors (Lipinski definition) is 1. The summed E-state index contributed by atoms with van der Waals surface area (Å²) in [5.41, 5.74) is 1.96. The summed E-state index contributed by atoms with van der Waals surface area (Å²) in [5.74, 6) is -0.0999. The highest BCUT2D eigenvalue weighted by Gasteiger charge is 2.03. The van der Waals surface area contributed by atoms with Crippen LogP contribution in [0.3, 0.4) is 0 Å². The van der Waals surface area contributed by atoms with Crippen molar-refractivity contribution in [3.63, 3.8) is 0 Å². The number of aromatic hydroxyl groups is 1. The number of benzene rings is 1. The molecule has 0 aliphatic rings. The van der Waals surface area contributed by atoms with E-state index in [4.69, 9.17) is 5.11 Å². The smallest absolute Gasteiger partial charge is 0.309 e. The fourth-order valence-corrected chi connectivity index (χ4v) is 1.63. The summed E-state index contributed by atoms with van der Waals surface area (Å²) in [6, 6.07) is 7.62. The van der Waals surface area contributed by atoms with E-state index in [0.29, 0.717) is 6.54 Å². The molecule has 0 bridgehead atoms. The molecule has 0 atom stereocenters. The minimum Gasteiger partial charge on any atom is -0.505 e. The molecule has 2 rings (SSSR count). The number of carbonyl (C=O) groups is 1. The van der Waals surface area contributed by atoms with Gasteiger partial charge in [-0.1, -0.05) is 24.3 Å². The molecule has 0 unspecified atom stereocenters. The molecule has 1 heterocycles. The molecule has 0 amide bonds. The van der Waals surface area contributed by atoms with Crippen molar-refractivity contribution in [1.29, 1.82) is 0 Å². The van der Waals surface area contributed by atoms with Gasteiger partial charge in [0.1, 0.15) is 0 Å². The minimum atomic E-state index is -0.250. The Bertz CT molecular complexity index is 531. The van der Waals surface area contributed by atoms with Crippen LogP contribution in [0.1, 0.15) is 11.1 Å². The van der Waals surface area contributed by atoms with Crippen LogP contribution in [0, 0.1) is 0 Å². The maximum Gasteiger partial charge on any atom is 0.309 e. The largest absolute Gasteiger partial charge is 0.505 e. The lowest BCUT2D eigenvalue weighted by atomic mass is 10.1. The third kappa shape index (κ3) is 3.10. The van der Waals surface area contributed by atoms with Crippen molar-refractivity contribution < 1.29 is 14.6 Å². The number of ether oxygens (including phenoxy) is 1. The molecule has 0 aliphatic carbocycles. The van der Waals surface area contributed by atoms with Crippen molar-refractivity contribution in [2.45, 2.75) is 13.0 Å². The van der Waals surface area contributed by atoms with Gasteiger partial charge in [-0.2, -0.15) is 5.10 Å². The Morgan fingerprint density at radius 3 is 2.56 bits per heavy atom. The van der Waals surface area contributed by atoms with Gasteiger partial charge in [0.15, 0.2) is 5.75 Å². The third-order valence-electron chi connectivity index (χ3n) is 2.56. The van der Waals surface area contributed by atoms with Crippen molar-refractivity contribution >= 4 is 5.97 Å². The van der Waals surface area contributed by atoms with E-state index in [2.05, 4.69) is 9.84 Å². The van der Waals surface area contributed by atoms with Gasteiger partial charge in [-0.25, -0.2) is 0 Å². The van der Waals surface area contributed by atoms with Gasteiger partial charge in [0.25, 0.3) is 0 Å². The van der Waals surface area contributed by atoms with Crippen LogP contribution < -0.4 is 0 Å². The predicted octanol–water partition coefficient (Wildman–Crippen LogP) is 1.35. The van der Waals surface area contributed by atoms with Crippen molar-refractivity contribution in [3.05, 3.63) is 47.8 Å². The van der Waals surface area contributed by atoms with Crippen LogP contribution in [0.15, 0.2) is 36.7 Å². The Labute approximate surface area is 105 Å². The second-order valence-electron chi connectivity index (χ2n) is 3.97. The quantitative estimate of drug-likeness (QED) is 0.827. The zero-order chi connectivity index (χ0) is 13.0. The highest BCUT2D eigenvalue weighted by Crippen LogP contribution is 2.10. The van der Waals surface area contributed by atoms with Crippen molar-refractivity contribution in [2.24, 2.45) is 0 Å². The van der Waals surface area contributed by atoms with Crippen LogP contribution >= 0.6 is 0 Å².